The Balaban J connectivity index is 1.25. The minimum absolute atomic E-state index is 0.125. The van der Waals surface area contributed by atoms with Crippen LogP contribution in [-0.4, -0.2) is 65.2 Å². The zero-order valence-corrected chi connectivity index (χ0v) is 22.9. The average Bonchev–Trinajstić information content (AvgIpc) is 3.50. The van der Waals surface area contributed by atoms with Crippen molar-refractivity contribution in [1.29, 1.82) is 0 Å². The highest BCUT2D eigenvalue weighted by molar-refractivity contribution is 6.33. The number of nitrogens with zero attached hydrogens (tertiary/aromatic N) is 5. The van der Waals surface area contributed by atoms with Crippen LogP contribution in [0.15, 0.2) is 42.7 Å². The van der Waals surface area contributed by atoms with Gasteiger partial charge in [-0.3, -0.25) is 9.88 Å². The van der Waals surface area contributed by atoms with Crippen LogP contribution >= 0.6 is 11.6 Å². The molecule has 10 nitrogen and oxygen atoms in total. The summed E-state index contributed by atoms with van der Waals surface area (Å²) in [5.74, 6) is -0.0614. The summed E-state index contributed by atoms with van der Waals surface area (Å²) in [5.41, 5.74) is 0.288. The molecule has 3 aromatic heterocycles. The van der Waals surface area contributed by atoms with Crippen molar-refractivity contribution in [3.05, 3.63) is 53.4 Å². The molecule has 2 saturated heterocycles. The zero-order chi connectivity index (χ0) is 28.9. The van der Waals surface area contributed by atoms with Crippen molar-refractivity contribution in [2.24, 2.45) is 0 Å². The SMILES string of the molecule is CC1(C)OCC(COc2cc(NC(=O)N3c4nc(-c5ccnc(C(F)(F)F)c5)c(Cl)cc4N4CCC3C4)ccn2)O1. The molecule has 1 N–H and O–H groups in total. The number of rotatable bonds is 5. The maximum absolute atomic E-state index is 13.7. The van der Waals surface area contributed by atoms with Crippen molar-refractivity contribution in [1.82, 2.24) is 15.0 Å². The predicted molar refractivity (Wildman–Crippen MR) is 144 cm³/mol. The number of ether oxygens (including phenoxy) is 3. The Morgan fingerprint density at radius 3 is 2.78 bits per heavy atom. The number of alkyl halides is 3. The number of amides is 2. The first-order valence-electron chi connectivity index (χ1n) is 13.0. The van der Waals surface area contributed by atoms with Crippen LogP contribution in [0.1, 0.15) is 26.0 Å². The summed E-state index contributed by atoms with van der Waals surface area (Å²) in [5, 5.41) is 3.05. The van der Waals surface area contributed by atoms with Gasteiger partial charge in [-0.15, -0.1) is 0 Å². The van der Waals surface area contributed by atoms with E-state index in [9.17, 15) is 18.0 Å². The second-order valence-electron chi connectivity index (χ2n) is 10.4. The molecular weight excluding hydrogens is 565 g/mol. The van der Waals surface area contributed by atoms with Crippen molar-refractivity contribution in [3.63, 3.8) is 0 Å². The molecule has 3 aliphatic rings. The van der Waals surface area contributed by atoms with Crippen molar-refractivity contribution < 1.29 is 32.2 Å². The smallest absolute Gasteiger partial charge is 0.433 e. The fourth-order valence-electron chi connectivity index (χ4n) is 5.19. The minimum Gasteiger partial charge on any atom is -0.475 e. The lowest BCUT2D eigenvalue weighted by atomic mass is 10.1. The largest absolute Gasteiger partial charge is 0.475 e. The summed E-state index contributed by atoms with van der Waals surface area (Å²) in [6.07, 6.45) is -1.62. The van der Waals surface area contributed by atoms with E-state index >= 15 is 0 Å². The number of anilines is 3. The Bertz CT molecular complexity index is 1490. The number of halogens is 4. The molecule has 0 saturated carbocycles. The van der Waals surface area contributed by atoms with E-state index in [1.54, 1.807) is 18.2 Å². The van der Waals surface area contributed by atoms with E-state index in [1.807, 2.05) is 13.8 Å². The van der Waals surface area contributed by atoms with Crippen LogP contribution in [0.2, 0.25) is 5.02 Å². The van der Waals surface area contributed by atoms with E-state index in [-0.39, 0.29) is 35.0 Å². The number of hydrogen-bond donors (Lipinski definition) is 1. The molecule has 0 spiro atoms. The van der Waals surface area contributed by atoms with Gasteiger partial charge in [-0.2, -0.15) is 13.2 Å². The van der Waals surface area contributed by atoms with Crippen LogP contribution in [0.5, 0.6) is 5.88 Å². The highest BCUT2D eigenvalue weighted by Gasteiger charge is 2.41. The summed E-state index contributed by atoms with van der Waals surface area (Å²) in [6.45, 7) is 5.54. The lowest BCUT2D eigenvalue weighted by Gasteiger charge is -2.36. The van der Waals surface area contributed by atoms with Gasteiger partial charge in [-0.25, -0.2) is 14.8 Å². The molecule has 3 aliphatic heterocycles. The summed E-state index contributed by atoms with van der Waals surface area (Å²) in [4.78, 5) is 29.5. The second-order valence-corrected chi connectivity index (χ2v) is 10.8. The molecule has 2 unspecified atom stereocenters. The Morgan fingerprint density at radius 2 is 2.02 bits per heavy atom. The highest BCUT2D eigenvalue weighted by atomic mass is 35.5. The third kappa shape index (κ3) is 5.61. The van der Waals surface area contributed by atoms with Crippen LogP contribution in [0.25, 0.3) is 11.3 Å². The minimum atomic E-state index is -4.63. The first kappa shape index (κ1) is 27.5. The summed E-state index contributed by atoms with van der Waals surface area (Å²) >= 11 is 6.52. The molecule has 2 fully saturated rings. The first-order chi connectivity index (χ1) is 19.5. The highest BCUT2D eigenvalue weighted by Crippen LogP contribution is 2.43. The Kier molecular flexibility index (Phi) is 6.91. The number of urea groups is 1. The molecule has 2 atom stereocenters. The van der Waals surface area contributed by atoms with Crippen molar-refractivity contribution in [2.75, 3.05) is 41.4 Å². The first-order valence-corrected chi connectivity index (χ1v) is 13.3. The van der Waals surface area contributed by atoms with Gasteiger partial charge in [0.25, 0.3) is 0 Å². The van der Waals surface area contributed by atoms with Gasteiger partial charge in [-0.05, 0) is 44.5 Å². The van der Waals surface area contributed by atoms with Crippen LogP contribution in [0.3, 0.4) is 0 Å². The lowest BCUT2D eigenvalue weighted by molar-refractivity contribution is -0.142. The molecule has 0 aliphatic carbocycles. The summed E-state index contributed by atoms with van der Waals surface area (Å²) in [7, 11) is 0. The van der Waals surface area contributed by atoms with Crippen molar-refractivity contribution >= 4 is 34.8 Å². The Hall–Kier alpha value is -3.68. The van der Waals surface area contributed by atoms with Crippen molar-refractivity contribution in [3.8, 4) is 17.1 Å². The molecule has 6 rings (SSSR count). The fourth-order valence-corrected chi connectivity index (χ4v) is 5.45. The monoisotopic (exact) mass is 590 g/mol. The van der Waals surface area contributed by atoms with Gasteiger partial charge in [0.2, 0.25) is 5.88 Å². The van der Waals surface area contributed by atoms with E-state index in [0.717, 1.165) is 12.3 Å². The van der Waals surface area contributed by atoms with Crippen LogP contribution in [-0.2, 0) is 15.7 Å². The Labute approximate surface area is 238 Å². The summed E-state index contributed by atoms with van der Waals surface area (Å²) < 4.78 is 57.0. The van der Waals surface area contributed by atoms with Gasteiger partial charge in [-0.1, -0.05) is 11.6 Å². The molecular formula is C27H26ClF3N6O4. The summed E-state index contributed by atoms with van der Waals surface area (Å²) in [6, 6.07) is 6.53. The number of pyridine rings is 3. The molecule has 6 heterocycles. The molecule has 2 amide bonds. The van der Waals surface area contributed by atoms with Gasteiger partial charge >= 0.3 is 12.2 Å². The third-order valence-electron chi connectivity index (χ3n) is 7.05. The maximum Gasteiger partial charge on any atom is 0.433 e. The number of nitrogens with one attached hydrogen (secondary N) is 1. The van der Waals surface area contributed by atoms with E-state index in [0.29, 0.717) is 49.2 Å². The van der Waals surface area contributed by atoms with Gasteiger partial charge in [0.05, 0.1) is 29.1 Å². The average molecular weight is 591 g/mol. The Morgan fingerprint density at radius 1 is 1.22 bits per heavy atom. The number of carbonyl (C=O) groups is 1. The van der Waals surface area contributed by atoms with E-state index in [1.165, 1.54) is 17.2 Å². The number of hydrogen-bond acceptors (Lipinski definition) is 8. The molecule has 2 bridgehead atoms. The number of carbonyl (C=O) groups excluding carboxylic acids is 1. The van der Waals surface area contributed by atoms with Crippen LogP contribution in [0, 0.1) is 0 Å². The van der Waals surface area contributed by atoms with Crippen LogP contribution in [0.4, 0.5) is 35.2 Å². The maximum atomic E-state index is 13.7. The van der Waals surface area contributed by atoms with Crippen LogP contribution < -0.4 is 19.9 Å². The molecule has 0 aromatic carbocycles. The lowest BCUT2D eigenvalue weighted by Crippen LogP contribution is -2.48. The molecule has 41 heavy (non-hydrogen) atoms. The zero-order valence-electron chi connectivity index (χ0n) is 22.1. The van der Waals surface area contributed by atoms with Crippen molar-refractivity contribution in [2.45, 2.75) is 44.4 Å². The number of aromatic nitrogens is 3. The predicted octanol–water partition coefficient (Wildman–Crippen LogP) is 5.37. The molecule has 3 aromatic rings. The van der Waals surface area contributed by atoms with Gasteiger partial charge in [0.1, 0.15) is 18.4 Å². The van der Waals surface area contributed by atoms with Gasteiger partial charge in [0, 0.05) is 42.8 Å². The normalized spacial score (nSPS) is 21.1. The molecule has 216 valence electrons. The van der Waals surface area contributed by atoms with E-state index < -0.39 is 23.7 Å². The molecule has 14 heteroatoms. The van der Waals surface area contributed by atoms with E-state index in [4.69, 9.17) is 25.8 Å². The van der Waals surface area contributed by atoms with Gasteiger partial charge in [0.15, 0.2) is 11.6 Å². The quantitative estimate of drug-likeness (QED) is 0.423. The molecule has 0 radical (unpaired) electrons. The number of fused-ring (bicyclic) bond motifs is 4. The van der Waals surface area contributed by atoms with E-state index in [2.05, 4.69) is 25.2 Å². The standard InChI is InChI=1S/C27H26ClF3N6O4/c1-26(2)40-14-18(41-26)13-39-22-10-16(4-7-33-22)34-25(38)37-17-5-8-36(12-17)20-11-19(28)23(35-24(20)37)15-3-6-32-21(9-15)27(29,30)31/h3-4,6-7,9-11,17-18H,5,8,12-14H2,1-2H3,(H,33,34,38). The van der Waals surface area contributed by atoms with Gasteiger partial charge < -0.3 is 24.4 Å². The second kappa shape index (κ2) is 10.3. The fraction of sp³-hybridized carbons (Fsp3) is 0.407. The third-order valence-corrected chi connectivity index (χ3v) is 7.34. The topological polar surface area (TPSA) is 102 Å².